The molecule has 2 aliphatic rings. The number of aliphatic hydroxyl groups excluding tert-OH is 2. The van der Waals surface area contributed by atoms with E-state index in [4.69, 9.17) is 4.74 Å². The molecule has 3 unspecified atom stereocenters. The zero-order chi connectivity index (χ0) is 26.8. The molecular formula is C28H42FNO5S. The lowest BCUT2D eigenvalue weighted by molar-refractivity contribution is -0.143. The number of aliphatic hydroxyl groups is 2. The van der Waals surface area contributed by atoms with Crippen LogP contribution in [0.25, 0.3) is 6.08 Å². The third-order valence-electron chi connectivity index (χ3n) is 8.42. The van der Waals surface area contributed by atoms with Gasteiger partial charge in [0.1, 0.15) is 23.8 Å². The van der Waals surface area contributed by atoms with Crippen molar-refractivity contribution in [1.29, 1.82) is 0 Å². The van der Waals surface area contributed by atoms with Gasteiger partial charge in [-0.1, -0.05) is 39.7 Å². The number of fused-ring (bicyclic) bond motifs is 1. The summed E-state index contributed by atoms with van der Waals surface area (Å²) >= 11 is 1.55. The van der Waals surface area contributed by atoms with Crippen molar-refractivity contribution in [2.24, 2.45) is 23.2 Å². The fourth-order valence-corrected chi connectivity index (χ4v) is 6.09. The number of nitrogens with zero attached hydrogens (tertiary/aromatic N) is 1. The van der Waals surface area contributed by atoms with E-state index in [9.17, 15) is 24.2 Å². The number of ether oxygens (including phenoxy) is 1. The molecule has 0 spiro atoms. The Morgan fingerprint density at radius 3 is 2.58 bits per heavy atom. The van der Waals surface area contributed by atoms with Gasteiger partial charge >= 0.3 is 0 Å². The second-order valence-corrected chi connectivity index (χ2v) is 12.7. The standard InChI is InChI=1S/C28H42FNO5S/c1-16-8-7-9-28(15-29)24(35-28)12-20(17(2)10-21-14-36-19(4)30-21)11-22(31)13-23(32)27(5,6)26(34)18(3)25(16)33/h10,14,16,18,20,23-25,32-33H,7-9,11-13,15H2,1-6H3/b17-10+/t16?,18?,20-,23?,24-,25-,28-/m0/s1. The van der Waals surface area contributed by atoms with Gasteiger partial charge in [-0.15, -0.1) is 11.3 Å². The Balaban J connectivity index is 1.88. The lowest BCUT2D eigenvalue weighted by atomic mass is 9.72. The number of hydrogen-bond donors (Lipinski definition) is 2. The Labute approximate surface area is 218 Å². The van der Waals surface area contributed by atoms with Gasteiger partial charge in [-0.05, 0) is 51.0 Å². The van der Waals surface area contributed by atoms with Crippen molar-refractivity contribution in [3.05, 3.63) is 21.7 Å². The van der Waals surface area contributed by atoms with Gasteiger partial charge in [-0.25, -0.2) is 9.37 Å². The van der Waals surface area contributed by atoms with Gasteiger partial charge < -0.3 is 14.9 Å². The van der Waals surface area contributed by atoms with Crippen molar-refractivity contribution < 1.29 is 28.9 Å². The summed E-state index contributed by atoms with van der Waals surface area (Å²) in [7, 11) is 0. The lowest BCUT2D eigenvalue weighted by Crippen LogP contribution is -2.45. The number of carbonyl (C=O) groups is 2. The highest BCUT2D eigenvalue weighted by Crippen LogP contribution is 2.47. The molecule has 0 amide bonds. The number of allylic oxidation sites excluding steroid dienone is 1. The van der Waals surface area contributed by atoms with Crippen LogP contribution in [0.1, 0.15) is 83.8 Å². The maximum Gasteiger partial charge on any atom is 0.146 e. The van der Waals surface area contributed by atoms with Crippen LogP contribution in [-0.2, 0) is 14.3 Å². The summed E-state index contributed by atoms with van der Waals surface area (Å²) in [5.41, 5.74) is -0.220. The monoisotopic (exact) mass is 523 g/mol. The number of epoxide rings is 1. The largest absolute Gasteiger partial charge is 0.392 e. The van der Waals surface area contributed by atoms with Crippen LogP contribution in [-0.4, -0.2) is 57.4 Å². The maximum absolute atomic E-state index is 14.1. The van der Waals surface area contributed by atoms with E-state index in [1.807, 2.05) is 32.2 Å². The first kappa shape index (κ1) is 29.1. The topological polar surface area (TPSA) is 100 Å². The van der Waals surface area contributed by atoms with Crippen molar-refractivity contribution >= 4 is 29.0 Å². The second kappa shape index (κ2) is 11.5. The second-order valence-electron chi connectivity index (χ2n) is 11.6. The van der Waals surface area contributed by atoms with E-state index < -0.39 is 35.8 Å². The number of rotatable bonds is 3. The van der Waals surface area contributed by atoms with Crippen molar-refractivity contribution in [3.63, 3.8) is 0 Å². The number of carbonyl (C=O) groups excluding carboxylic acids is 2. The first-order valence-electron chi connectivity index (χ1n) is 13.1. The van der Waals surface area contributed by atoms with Crippen LogP contribution < -0.4 is 0 Å². The molecule has 0 radical (unpaired) electrons. The van der Waals surface area contributed by atoms with E-state index >= 15 is 0 Å². The molecule has 3 rings (SSSR count). The molecule has 1 aliphatic heterocycles. The first-order valence-corrected chi connectivity index (χ1v) is 13.9. The predicted octanol–water partition coefficient (Wildman–Crippen LogP) is 5.09. The summed E-state index contributed by atoms with van der Waals surface area (Å²) in [6.07, 6.45) is 2.01. The third-order valence-corrected chi connectivity index (χ3v) is 9.21. The molecule has 1 saturated carbocycles. The number of aryl methyl sites for hydroxylation is 1. The summed E-state index contributed by atoms with van der Waals surface area (Å²) in [6.45, 7) is 10.2. The van der Waals surface area contributed by atoms with Crippen LogP contribution in [0.3, 0.4) is 0 Å². The highest BCUT2D eigenvalue weighted by Gasteiger charge is 2.56. The maximum atomic E-state index is 14.1. The average molecular weight is 524 g/mol. The molecule has 1 saturated heterocycles. The number of thiazole rings is 1. The quantitative estimate of drug-likeness (QED) is 0.536. The SMILES string of the molecule is C/C(=C\c1csc(C)n1)[C@H]1CC(=O)CC(O)C(C)(C)C(=O)C(C)[C@@H](O)C(C)CCC[C@@]2(CF)O[C@H]2C1. The Hall–Kier alpha value is -1.48. The number of alkyl halides is 1. The van der Waals surface area contributed by atoms with E-state index in [0.717, 1.165) is 16.3 Å². The highest BCUT2D eigenvalue weighted by atomic mass is 32.1. The van der Waals surface area contributed by atoms with Gasteiger partial charge in [0.25, 0.3) is 0 Å². The number of ketones is 2. The molecule has 0 bridgehead atoms. The molecule has 7 atom stereocenters. The van der Waals surface area contributed by atoms with Gasteiger partial charge in [0.15, 0.2) is 0 Å². The van der Waals surface area contributed by atoms with Gasteiger partial charge in [0, 0.05) is 24.1 Å². The minimum atomic E-state index is -1.17. The van der Waals surface area contributed by atoms with E-state index in [0.29, 0.717) is 25.7 Å². The van der Waals surface area contributed by atoms with Crippen LogP contribution in [0.2, 0.25) is 0 Å². The fraction of sp³-hybridized carbons (Fsp3) is 0.750. The number of aromatic nitrogens is 1. The van der Waals surface area contributed by atoms with Gasteiger partial charge in [0.05, 0.1) is 34.4 Å². The van der Waals surface area contributed by atoms with Crippen molar-refractivity contribution in [1.82, 2.24) is 4.98 Å². The fourth-order valence-electron chi connectivity index (χ4n) is 5.52. The van der Waals surface area contributed by atoms with Crippen LogP contribution in [0.15, 0.2) is 11.0 Å². The molecule has 1 aliphatic carbocycles. The van der Waals surface area contributed by atoms with E-state index in [2.05, 4.69) is 4.98 Å². The molecule has 2 heterocycles. The summed E-state index contributed by atoms with van der Waals surface area (Å²) in [5.74, 6) is -1.45. The van der Waals surface area contributed by atoms with Gasteiger partial charge in [-0.3, -0.25) is 9.59 Å². The Bertz CT molecular complexity index is 975. The molecule has 1 aromatic heterocycles. The van der Waals surface area contributed by atoms with Crippen LogP contribution in [0, 0.1) is 30.1 Å². The summed E-state index contributed by atoms with van der Waals surface area (Å²) < 4.78 is 20.0. The number of hydrogen-bond acceptors (Lipinski definition) is 7. The normalized spacial score (nSPS) is 37.0. The molecule has 1 aromatic rings. The Kier molecular flexibility index (Phi) is 9.29. The minimum Gasteiger partial charge on any atom is -0.392 e. The Morgan fingerprint density at radius 1 is 1.28 bits per heavy atom. The number of Topliss-reactive ketones (excluding diaryl/α,β-unsaturated/α-hetero) is 2. The minimum absolute atomic E-state index is 0.156. The molecule has 36 heavy (non-hydrogen) atoms. The molecule has 0 aromatic carbocycles. The zero-order valence-corrected chi connectivity index (χ0v) is 23.2. The smallest absolute Gasteiger partial charge is 0.146 e. The number of halogens is 1. The Morgan fingerprint density at radius 2 is 1.97 bits per heavy atom. The van der Waals surface area contributed by atoms with E-state index in [1.165, 1.54) is 0 Å². The average Bonchev–Trinajstić information content (AvgIpc) is 3.35. The molecule has 202 valence electrons. The van der Waals surface area contributed by atoms with Crippen LogP contribution in [0.5, 0.6) is 0 Å². The first-order chi connectivity index (χ1) is 16.8. The van der Waals surface area contributed by atoms with E-state index in [1.54, 1.807) is 32.1 Å². The third kappa shape index (κ3) is 6.50. The summed E-state index contributed by atoms with van der Waals surface area (Å²) in [5, 5.41) is 24.7. The van der Waals surface area contributed by atoms with Gasteiger partial charge in [-0.2, -0.15) is 0 Å². The molecule has 2 N–H and O–H groups in total. The molecule has 8 heteroatoms. The van der Waals surface area contributed by atoms with Crippen molar-refractivity contribution in [2.45, 2.75) is 104 Å². The highest BCUT2D eigenvalue weighted by molar-refractivity contribution is 7.09. The molecular weight excluding hydrogens is 481 g/mol. The molecule has 2 fully saturated rings. The van der Waals surface area contributed by atoms with Crippen LogP contribution in [0.4, 0.5) is 4.39 Å². The van der Waals surface area contributed by atoms with Gasteiger partial charge in [0.2, 0.25) is 0 Å². The summed E-state index contributed by atoms with van der Waals surface area (Å²) in [6, 6.07) is 0. The summed E-state index contributed by atoms with van der Waals surface area (Å²) in [4.78, 5) is 30.9. The van der Waals surface area contributed by atoms with E-state index in [-0.39, 0.29) is 42.3 Å². The van der Waals surface area contributed by atoms with Crippen molar-refractivity contribution in [3.8, 4) is 0 Å². The zero-order valence-electron chi connectivity index (χ0n) is 22.4. The van der Waals surface area contributed by atoms with Crippen LogP contribution >= 0.6 is 11.3 Å². The lowest BCUT2D eigenvalue weighted by Gasteiger charge is -2.34. The van der Waals surface area contributed by atoms with Crippen molar-refractivity contribution in [2.75, 3.05) is 6.67 Å². The predicted molar refractivity (Wildman–Crippen MR) is 139 cm³/mol. The molecule has 6 nitrogen and oxygen atoms in total.